The van der Waals surface area contributed by atoms with Gasteiger partial charge < -0.3 is 10.1 Å². The number of hydrogen-bond donors (Lipinski definition) is 1. The number of benzene rings is 1. The van der Waals surface area contributed by atoms with Crippen LogP contribution in [0.4, 0.5) is 5.82 Å². The molecule has 1 heterocycles. The Hall–Kier alpha value is -1.91. The molecule has 0 bridgehead atoms. The molecular formula is C16H17ClN2O2. The predicted octanol–water partition coefficient (Wildman–Crippen LogP) is 3.24. The number of carbonyl (C=O) groups excluding carboxylic acids is 1. The molecule has 110 valence electrons. The van der Waals surface area contributed by atoms with E-state index in [1.165, 1.54) is 17.3 Å². The molecule has 0 fully saturated rings. The van der Waals surface area contributed by atoms with E-state index in [1.54, 1.807) is 12.1 Å². The number of nitrogens with zero attached hydrogens (tertiary/aromatic N) is 1. The fraction of sp³-hybridized carbons (Fsp3) is 0.250. The summed E-state index contributed by atoms with van der Waals surface area (Å²) < 4.78 is 5.37. The second-order valence-electron chi connectivity index (χ2n) is 4.70. The molecule has 0 spiro atoms. The van der Waals surface area contributed by atoms with Crippen molar-refractivity contribution >= 4 is 23.3 Å². The summed E-state index contributed by atoms with van der Waals surface area (Å²) in [5, 5.41) is 3.17. The monoisotopic (exact) mass is 304 g/mol. The van der Waals surface area contributed by atoms with Crippen LogP contribution in [-0.4, -0.2) is 24.1 Å². The van der Waals surface area contributed by atoms with E-state index in [2.05, 4.69) is 29.4 Å². The minimum atomic E-state index is -0.228. The van der Waals surface area contributed by atoms with E-state index in [1.807, 2.05) is 12.1 Å². The number of anilines is 1. The van der Waals surface area contributed by atoms with Gasteiger partial charge in [0.1, 0.15) is 12.4 Å². The summed E-state index contributed by atoms with van der Waals surface area (Å²) in [6.07, 6.45) is 2.27. The Bertz CT molecular complexity index is 599. The summed E-state index contributed by atoms with van der Waals surface area (Å²) in [6.45, 7) is 2.57. The van der Waals surface area contributed by atoms with Crippen LogP contribution in [0.1, 0.15) is 11.1 Å². The van der Waals surface area contributed by atoms with E-state index in [9.17, 15) is 4.79 Å². The van der Waals surface area contributed by atoms with E-state index in [4.69, 9.17) is 16.3 Å². The molecule has 0 saturated carbocycles. The Balaban J connectivity index is 1.68. The minimum Gasteiger partial charge on any atom is -0.371 e. The van der Waals surface area contributed by atoms with Gasteiger partial charge in [0.2, 0.25) is 0 Å². The number of nitrogens with one attached hydrogen (secondary N) is 1. The normalized spacial score (nSPS) is 10.4. The van der Waals surface area contributed by atoms with E-state index in [0.29, 0.717) is 17.4 Å². The van der Waals surface area contributed by atoms with Crippen LogP contribution in [-0.2, 0) is 16.0 Å². The first kappa shape index (κ1) is 15.5. The molecule has 0 radical (unpaired) electrons. The maximum atomic E-state index is 11.7. The fourth-order valence-electron chi connectivity index (χ4n) is 1.85. The molecular weight excluding hydrogens is 288 g/mol. The Labute approximate surface area is 129 Å². The zero-order valence-corrected chi connectivity index (χ0v) is 12.6. The average molecular weight is 305 g/mol. The number of aromatic nitrogens is 1. The van der Waals surface area contributed by atoms with Crippen molar-refractivity contribution in [2.24, 2.45) is 0 Å². The molecule has 21 heavy (non-hydrogen) atoms. The van der Waals surface area contributed by atoms with Crippen LogP contribution in [0.15, 0.2) is 42.6 Å². The Morgan fingerprint density at radius 3 is 2.90 bits per heavy atom. The summed E-state index contributed by atoms with van der Waals surface area (Å²) >= 11 is 5.72. The molecule has 1 aromatic heterocycles. The smallest absolute Gasteiger partial charge is 0.251 e. The van der Waals surface area contributed by atoms with Gasteiger partial charge in [0.15, 0.2) is 0 Å². The molecule has 4 nitrogen and oxygen atoms in total. The van der Waals surface area contributed by atoms with Crippen molar-refractivity contribution in [1.82, 2.24) is 4.98 Å². The van der Waals surface area contributed by atoms with Gasteiger partial charge in [-0.1, -0.05) is 41.4 Å². The van der Waals surface area contributed by atoms with Gasteiger partial charge >= 0.3 is 0 Å². The Morgan fingerprint density at radius 1 is 1.33 bits per heavy atom. The van der Waals surface area contributed by atoms with E-state index in [-0.39, 0.29) is 12.5 Å². The lowest BCUT2D eigenvalue weighted by Gasteiger charge is -2.06. The zero-order chi connectivity index (χ0) is 15.1. The highest BCUT2D eigenvalue weighted by molar-refractivity contribution is 6.30. The van der Waals surface area contributed by atoms with Crippen LogP contribution in [0.3, 0.4) is 0 Å². The second-order valence-corrected chi connectivity index (χ2v) is 5.14. The third-order valence-electron chi connectivity index (χ3n) is 2.85. The van der Waals surface area contributed by atoms with Gasteiger partial charge in [-0.3, -0.25) is 4.79 Å². The quantitative estimate of drug-likeness (QED) is 0.834. The molecule has 0 atom stereocenters. The summed E-state index contributed by atoms with van der Waals surface area (Å²) in [6, 6.07) is 11.5. The molecule has 2 rings (SSSR count). The molecule has 5 heteroatoms. The SMILES string of the molecule is Cc1cccc(CCOCC(=O)Nc2ccc(Cl)cn2)c1. The number of halogens is 1. The summed E-state index contributed by atoms with van der Waals surface area (Å²) in [4.78, 5) is 15.6. The van der Waals surface area contributed by atoms with Crippen LogP contribution < -0.4 is 5.32 Å². The summed E-state index contributed by atoms with van der Waals surface area (Å²) in [5.41, 5.74) is 2.42. The maximum Gasteiger partial charge on any atom is 0.251 e. The van der Waals surface area contributed by atoms with Gasteiger partial charge in [0.05, 0.1) is 11.6 Å². The number of hydrogen-bond acceptors (Lipinski definition) is 3. The molecule has 1 N–H and O–H groups in total. The molecule has 0 saturated heterocycles. The first-order valence-corrected chi connectivity index (χ1v) is 7.06. The third kappa shape index (κ3) is 5.53. The van der Waals surface area contributed by atoms with Gasteiger partial charge in [0, 0.05) is 6.20 Å². The molecule has 0 unspecified atom stereocenters. The van der Waals surface area contributed by atoms with Crippen LogP contribution >= 0.6 is 11.6 Å². The van der Waals surface area contributed by atoms with E-state index < -0.39 is 0 Å². The van der Waals surface area contributed by atoms with Crippen molar-refractivity contribution in [2.45, 2.75) is 13.3 Å². The van der Waals surface area contributed by atoms with Gasteiger partial charge in [-0.2, -0.15) is 0 Å². The standard InChI is InChI=1S/C16H17ClN2O2/c1-12-3-2-4-13(9-12)7-8-21-11-16(20)19-15-6-5-14(17)10-18-15/h2-6,9-10H,7-8,11H2,1H3,(H,18,19,20). The van der Waals surface area contributed by atoms with Crippen molar-refractivity contribution in [3.8, 4) is 0 Å². The molecule has 0 aliphatic carbocycles. The lowest BCUT2D eigenvalue weighted by molar-refractivity contribution is -0.120. The van der Waals surface area contributed by atoms with Crippen LogP contribution in [0.25, 0.3) is 0 Å². The van der Waals surface area contributed by atoms with Gasteiger partial charge in [-0.15, -0.1) is 0 Å². The predicted molar refractivity (Wildman–Crippen MR) is 83.6 cm³/mol. The molecule has 2 aromatic rings. The van der Waals surface area contributed by atoms with Gasteiger partial charge in [0.25, 0.3) is 5.91 Å². The first-order valence-electron chi connectivity index (χ1n) is 6.68. The fourth-order valence-corrected chi connectivity index (χ4v) is 1.96. The lowest BCUT2D eigenvalue weighted by Crippen LogP contribution is -2.19. The Morgan fingerprint density at radius 2 is 2.19 bits per heavy atom. The molecule has 1 amide bonds. The number of rotatable bonds is 6. The largest absolute Gasteiger partial charge is 0.371 e. The highest BCUT2D eigenvalue weighted by Gasteiger charge is 2.03. The van der Waals surface area contributed by atoms with Crippen molar-refractivity contribution in [1.29, 1.82) is 0 Å². The van der Waals surface area contributed by atoms with Crippen LogP contribution in [0.5, 0.6) is 0 Å². The summed E-state index contributed by atoms with van der Waals surface area (Å²) in [5.74, 6) is 0.237. The zero-order valence-electron chi connectivity index (χ0n) is 11.8. The number of pyridine rings is 1. The number of aryl methyl sites for hydroxylation is 1. The second kappa shape index (κ2) is 7.76. The average Bonchev–Trinajstić information content (AvgIpc) is 2.46. The van der Waals surface area contributed by atoms with E-state index in [0.717, 1.165) is 6.42 Å². The molecule has 1 aromatic carbocycles. The van der Waals surface area contributed by atoms with Gasteiger partial charge in [-0.25, -0.2) is 4.98 Å². The van der Waals surface area contributed by atoms with Gasteiger partial charge in [-0.05, 0) is 31.0 Å². The van der Waals surface area contributed by atoms with Crippen LogP contribution in [0.2, 0.25) is 5.02 Å². The van der Waals surface area contributed by atoms with Crippen molar-refractivity contribution < 1.29 is 9.53 Å². The van der Waals surface area contributed by atoms with Crippen molar-refractivity contribution in [3.63, 3.8) is 0 Å². The maximum absolute atomic E-state index is 11.7. The Kier molecular flexibility index (Phi) is 5.72. The van der Waals surface area contributed by atoms with Crippen molar-refractivity contribution in [2.75, 3.05) is 18.5 Å². The molecule has 0 aliphatic heterocycles. The number of carbonyl (C=O) groups is 1. The first-order chi connectivity index (χ1) is 10.1. The highest BCUT2D eigenvalue weighted by Crippen LogP contribution is 2.09. The number of amides is 1. The minimum absolute atomic E-state index is 0.0100. The topological polar surface area (TPSA) is 51.2 Å². The van der Waals surface area contributed by atoms with E-state index >= 15 is 0 Å². The van der Waals surface area contributed by atoms with Crippen molar-refractivity contribution in [3.05, 3.63) is 58.7 Å². The number of ether oxygens (including phenoxy) is 1. The molecule has 0 aliphatic rings. The third-order valence-corrected chi connectivity index (χ3v) is 3.07. The van der Waals surface area contributed by atoms with Crippen LogP contribution in [0, 0.1) is 6.92 Å². The summed E-state index contributed by atoms with van der Waals surface area (Å²) in [7, 11) is 0. The lowest BCUT2D eigenvalue weighted by atomic mass is 10.1. The highest BCUT2D eigenvalue weighted by atomic mass is 35.5.